The summed E-state index contributed by atoms with van der Waals surface area (Å²) in [5, 5.41) is 9.03. The number of nitrogens with zero attached hydrogens (tertiary/aromatic N) is 2. The van der Waals surface area contributed by atoms with Gasteiger partial charge < -0.3 is 14.9 Å². The Morgan fingerprint density at radius 1 is 1.19 bits per heavy atom. The SMILES string of the molecule is CC1(C)S[C@H]2c3ccccc3C(=O)N2[C@@H]1C(=O)N1CCC(C(=O)O)CC1. The number of hydrogen-bond donors (Lipinski definition) is 1. The summed E-state index contributed by atoms with van der Waals surface area (Å²) in [6.07, 6.45) is 0.942. The predicted octanol–water partition coefficient (Wildman–Crippen LogP) is 2.36. The van der Waals surface area contributed by atoms with Crippen LogP contribution in [0.3, 0.4) is 0 Å². The number of likely N-dealkylation sites (tertiary alicyclic amines) is 1. The lowest BCUT2D eigenvalue weighted by Crippen LogP contribution is -2.55. The molecule has 3 heterocycles. The van der Waals surface area contributed by atoms with Crippen molar-refractivity contribution in [3.8, 4) is 0 Å². The van der Waals surface area contributed by atoms with Gasteiger partial charge in [-0.15, -0.1) is 11.8 Å². The highest BCUT2D eigenvalue weighted by Crippen LogP contribution is 2.56. The van der Waals surface area contributed by atoms with Crippen LogP contribution in [0.4, 0.5) is 0 Å². The highest BCUT2D eigenvalue weighted by atomic mass is 32.2. The maximum absolute atomic E-state index is 13.3. The van der Waals surface area contributed by atoms with Crippen molar-refractivity contribution in [2.45, 2.75) is 42.9 Å². The van der Waals surface area contributed by atoms with Crippen molar-refractivity contribution in [1.82, 2.24) is 9.80 Å². The summed E-state index contributed by atoms with van der Waals surface area (Å²) in [4.78, 5) is 40.9. The van der Waals surface area contributed by atoms with E-state index < -0.39 is 16.8 Å². The Bertz CT molecular complexity index is 785. The fourth-order valence-electron chi connectivity index (χ4n) is 4.30. The van der Waals surface area contributed by atoms with Gasteiger partial charge in [0.15, 0.2) is 0 Å². The second-order valence-corrected chi connectivity index (χ2v) is 9.45. The van der Waals surface area contributed by atoms with E-state index in [1.54, 1.807) is 21.6 Å². The van der Waals surface area contributed by atoms with Crippen molar-refractivity contribution in [1.29, 1.82) is 0 Å². The average molecular weight is 374 g/mol. The van der Waals surface area contributed by atoms with Gasteiger partial charge in [0, 0.05) is 23.4 Å². The quantitative estimate of drug-likeness (QED) is 0.860. The number of piperidine rings is 1. The molecule has 26 heavy (non-hydrogen) atoms. The second-order valence-electron chi connectivity index (χ2n) is 7.71. The van der Waals surface area contributed by atoms with Gasteiger partial charge in [0.05, 0.1) is 5.92 Å². The number of carbonyl (C=O) groups excluding carboxylic acids is 2. The summed E-state index contributed by atoms with van der Waals surface area (Å²) < 4.78 is -0.394. The van der Waals surface area contributed by atoms with Gasteiger partial charge in [0.25, 0.3) is 5.91 Å². The summed E-state index contributed by atoms with van der Waals surface area (Å²) in [7, 11) is 0. The first kappa shape index (κ1) is 17.4. The molecule has 4 rings (SSSR count). The molecule has 3 aliphatic heterocycles. The Balaban J connectivity index is 1.59. The molecule has 0 aliphatic carbocycles. The van der Waals surface area contributed by atoms with Crippen molar-refractivity contribution < 1.29 is 19.5 Å². The number of amides is 2. The van der Waals surface area contributed by atoms with Crippen molar-refractivity contribution in [2.24, 2.45) is 5.92 Å². The summed E-state index contributed by atoms with van der Waals surface area (Å²) in [6.45, 7) is 4.90. The molecule has 0 unspecified atom stereocenters. The topological polar surface area (TPSA) is 77.9 Å². The number of fused-ring (bicyclic) bond motifs is 3. The van der Waals surface area contributed by atoms with Gasteiger partial charge in [0.1, 0.15) is 11.4 Å². The van der Waals surface area contributed by atoms with Gasteiger partial charge in [0.2, 0.25) is 5.91 Å². The van der Waals surface area contributed by atoms with E-state index in [0.717, 1.165) is 5.56 Å². The van der Waals surface area contributed by atoms with E-state index in [2.05, 4.69) is 0 Å². The van der Waals surface area contributed by atoms with Crippen LogP contribution in [-0.4, -0.2) is 56.6 Å². The van der Waals surface area contributed by atoms with E-state index >= 15 is 0 Å². The van der Waals surface area contributed by atoms with Gasteiger partial charge in [-0.2, -0.15) is 0 Å². The molecule has 0 radical (unpaired) electrons. The molecule has 2 atom stereocenters. The molecule has 2 saturated heterocycles. The Kier molecular flexibility index (Phi) is 4.02. The van der Waals surface area contributed by atoms with Crippen LogP contribution in [0.2, 0.25) is 0 Å². The molecule has 1 aromatic carbocycles. The van der Waals surface area contributed by atoms with E-state index in [9.17, 15) is 14.4 Å². The standard InChI is InChI=1S/C19H22N2O4S/c1-19(2)14(16(23)20-9-7-11(8-10-20)18(24)25)21-15(22)12-5-3-4-6-13(12)17(21)26-19/h3-6,11,14,17H,7-10H2,1-2H3,(H,24,25)/t14-,17+/m1/s1. The zero-order valence-corrected chi connectivity index (χ0v) is 15.7. The lowest BCUT2D eigenvalue weighted by atomic mass is 9.94. The molecule has 2 amide bonds. The Morgan fingerprint density at radius 3 is 2.50 bits per heavy atom. The molecular formula is C19H22N2O4S. The number of carboxylic acids is 1. The number of thioether (sulfide) groups is 1. The van der Waals surface area contributed by atoms with E-state index in [1.807, 2.05) is 38.1 Å². The van der Waals surface area contributed by atoms with E-state index in [0.29, 0.717) is 31.5 Å². The normalized spacial score (nSPS) is 27.4. The van der Waals surface area contributed by atoms with Gasteiger partial charge in [-0.1, -0.05) is 18.2 Å². The smallest absolute Gasteiger partial charge is 0.306 e. The van der Waals surface area contributed by atoms with E-state index in [1.165, 1.54) is 0 Å². The van der Waals surface area contributed by atoms with Crippen molar-refractivity contribution in [3.63, 3.8) is 0 Å². The lowest BCUT2D eigenvalue weighted by molar-refractivity contribution is -0.147. The van der Waals surface area contributed by atoms with Crippen LogP contribution < -0.4 is 0 Å². The fraction of sp³-hybridized carbons (Fsp3) is 0.526. The zero-order chi connectivity index (χ0) is 18.6. The van der Waals surface area contributed by atoms with Crippen LogP contribution in [0.1, 0.15) is 48.0 Å². The highest BCUT2D eigenvalue weighted by Gasteiger charge is 2.58. The van der Waals surface area contributed by atoms with Crippen LogP contribution in [0.15, 0.2) is 24.3 Å². The minimum atomic E-state index is -0.793. The lowest BCUT2D eigenvalue weighted by Gasteiger charge is -2.37. The van der Waals surface area contributed by atoms with Gasteiger partial charge in [-0.3, -0.25) is 14.4 Å². The highest BCUT2D eigenvalue weighted by molar-refractivity contribution is 8.01. The van der Waals surface area contributed by atoms with Gasteiger partial charge in [-0.25, -0.2) is 0 Å². The third kappa shape index (κ3) is 2.52. The van der Waals surface area contributed by atoms with Crippen molar-refractivity contribution in [3.05, 3.63) is 35.4 Å². The van der Waals surface area contributed by atoms with Crippen molar-refractivity contribution in [2.75, 3.05) is 13.1 Å². The first-order chi connectivity index (χ1) is 12.3. The third-order valence-corrected chi connectivity index (χ3v) is 7.22. The molecule has 0 aromatic heterocycles. The monoisotopic (exact) mass is 374 g/mol. The summed E-state index contributed by atoms with van der Waals surface area (Å²) in [5.41, 5.74) is 1.67. The number of benzene rings is 1. The molecule has 3 aliphatic rings. The third-order valence-electron chi connectivity index (χ3n) is 5.69. The number of rotatable bonds is 2. The molecule has 7 heteroatoms. The zero-order valence-electron chi connectivity index (χ0n) is 14.8. The Labute approximate surface area is 156 Å². The number of carboxylic acid groups (broad SMARTS) is 1. The minimum absolute atomic E-state index is 0.0602. The molecule has 2 fully saturated rings. The molecule has 138 valence electrons. The largest absolute Gasteiger partial charge is 0.481 e. The van der Waals surface area contributed by atoms with E-state index in [4.69, 9.17) is 5.11 Å². The van der Waals surface area contributed by atoms with Crippen LogP contribution >= 0.6 is 11.8 Å². The molecule has 0 saturated carbocycles. The van der Waals surface area contributed by atoms with Crippen LogP contribution in [0, 0.1) is 5.92 Å². The first-order valence-corrected chi connectivity index (χ1v) is 9.80. The molecule has 1 aromatic rings. The average Bonchev–Trinajstić information content (AvgIpc) is 3.05. The number of aliphatic carboxylic acids is 1. The maximum Gasteiger partial charge on any atom is 0.306 e. The Hall–Kier alpha value is -2.02. The molecule has 0 bridgehead atoms. The van der Waals surface area contributed by atoms with Crippen LogP contribution in [-0.2, 0) is 9.59 Å². The predicted molar refractivity (Wildman–Crippen MR) is 97.8 cm³/mol. The summed E-state index contributed by atoms with van der Waals surface area (Å²) >= 11 is 1.65. The summed E-state index contributed by atoms with van der Waals surface area (Å²) in [5.74, 6) is -1.31. The molecular weight excluding hydrogens is 352 g/mol. The molecule has 6 nitrogen and oxygen atoms in total. The first-order valence-electron chi connectivity index (χ1n) is 8.92. The molecule has 0 spiro atoms. The van der Waals surface area contributed by atoms with Gasteiger partial charge >= 0.3 is 5.97 Å². The number of hydrogen-bond acceptors (Lipinski definition) is 4. The summed E-state index contributed by atoms with van der Waals surface area (Å²) in [6, 6.07) is 7.03. The second kappa shape index (κ2) is 6.01. The van der Waals surface area contributed by atoms with Crippen molar-refractivity contribution >= 4 is 29.5 Å². The minimum Gasteiger partial charge on any atom is -0.481 e. The number of carbonyl (C=O) groups is 3. The Morgan fingerprint density at radius 2 is 1.85 bits per heavy atom. The maximum atomic E-state index is 13.3. The van der Waals surface area contributed by atoms with Crippen LogP contribution in [0.5, 0.6) is 0 Å². The van der Waals surface area contributed by atoms with Crippen LogP contribution in [0.25, 0.3) is 0 Å². The van der Waals surface area contributed by atoms with Gasteiger partial charge in [-0.05, 0) is 38.3 Å². The van der Waals surface area contributed by atoms with E-state index in [-0.39, 0.29) is 23.1 Å². The fourth-order valence-corrected chi connectivity index (χ4v) is 5.88. The molecule has 1 N–H and O–H groups in total.